The Kier molecular flexibility index (Phi) is 9.32. The van der Waals surface area contributed by atoms with E-state index in [2.05, 4.69) is 20.4 Å². The first-order valence-corrected chi connectivity index (χ1v) is 16.0. The zero-order chi connectivity index (χ0) is 36.0. The molecule has 0 bridgehead atoms. The molecule has 0 spiro atoms. The fourth-order valence-corrected chi connectivity index (χ4v) is 6.33. The van der Waals surface area contributed by atoms with Crippen molar-refractivity contribution in [2.24, 2.45) is 7.05 Å². The Morgan fingerprint density at radius 1 is 1.06 bits per heavy atom. The van der Waals surface area contributed by atoms with Gasteiger partial charge in [-0.05, 0) is 30.3 Å². The minimum absolute atomic E-state index is 0.00423. The SMILES string of the molecule is Cn1c(-c2c(-c3ccc(N)cn3)n[nH]c2C(F)(F)F)cnc1C(=O)Nc1ccc(C(=O)N2CCN(C(=O)[C@@H]3COCC[N+]3(C)C)CC2)c(Cl)c1. The van der Waals surface area contributed by atoms with E-state index >= 15 is 0 Å². The van der Waals surface area contributed by atoms with Gasteiger partial charge >= 0.3 is 6.18 Å². The predicted octanol–water partition coefficient (Wildman–Crippen LogP) is 3.14. The first kappa shape index (κ1) is 34.8. The monoisotopic (exact) mass is 715 g/mol. The Morgan fingerprint density at radius 2 is 1.78 bits per heavy atom. The Hall–Kier alpha value is -5.00. The molecule has 14 nitrogen and oxygen atoms in total. The number of aromatic amines is 1. The molecule has 2 saturated heterocycles. The number of piperazine rings is 1. The number of nitrogens with zero attached hydrogens (tertiary/aromatic N) is 7. The lowest BCUT2D eigenvalue weighted by atomic mass is 10.1. The van der Waals surface area contributed by atoms with Gasteiger partial charge in [-0.25, -0.2) is 4.98 Å². The topological polar surface area (TPSA) is 164 Å². The zero-order valence-corrected chi connectivity index (χ0v) is 28.2. The van der Waals surface area contributed by atoms with Gasteiger partial charge in [-0.15, -0.1) is 0 Å². The average Bonchev–Trinajstić information content (AvgIpc) is 3.68. The van der Waals surface area contributed by atoms with Crippen LogP contribution >= 0.6 is 11.6 Å². The number of carbonyl (C=O) groups excluding carboxylic acids is 3. The number of nitrogens with two attached hydrogens (primary N) is 1. The number of aromatic nitrogens is 5. The number of imidazole rings is 1. The number of quaternary nitrogens is 1. The number of amides is 3. The molecular formula is C32H35ClF3N10O4+. The van der Waals surface area contributed by atoms with Crippen LogP contribution in [0.15, 0.2) is 42.7 Å². The highest BCUT2D eigenvalue weighted by molar-refractivity contribution is 6.34. The molecule has 1 aromatic carbocycles. The minimum Gasteiger partial charge on any atom is -0.397 e. The summed E-state index contributed by atoms with van der Waals surface area (Å²) < 4.78 is 49.4. The van der Waals surface area contributed by atoms with Crippen LogP contribution in [0, 0.1) is 0 Å². The van der Waals surface area contributed by atoms with Crippen molar-refractivity contribution in [3.63, 3.8) is 0 Å². The number of H-pyrrole nitrogens is 1. The molecule has 3 amide bonds. The van der Waals surface area contributed by atoms with E-state index in [-0.39, 0.29) is 62.6 Å². The molecule has 18 heteroatoms. The Morgan fingerprint density at radius 3 is 2.42 bits per heavy atom. The number of pyridine rings is 1. The molecule has 0 aliphatic carbocycles. The highest BCUT2D eigenvalue weighted by Crippen LogP contribution is 2.41. The fraction of sp³-hybridized carbons (Fsp3) is 0.375. The third-order valence-electron chi connectivity index (χ3n) is 9.08. The van der Waals surface area contributed by atoms with E-state index in [9.17, 15) is 27.6 Å². The summed E-state index contributed by atoms with van der Waals surface area (Å²) in [5.41, 5.74) is 4.96. The normalized spacial score (nSPS) is 17.9. The van der Waals surface area contributed by atoms with Crippen molar-refractivity contribution in [3.8, 4) is 22.6 Å². The third-order valence-corrected chi connectivity index (χ3v) is 9.39. The van der Waals surface area contributed by atoms with Crippen molar-refractivity contribution in [1.29, 1.82) is 0 Å². The van der Waals surface area contributed by atoms with Gasteiger partial charge in [0.1, 0.15) is 24.5 Å². The van der Waals surface area contributed by atoms with Gasteiger partial charge in [0.2, 0.25) is 0 Å². The van der Waals surface area contributed by atoms with Gasteiger partial charge in [0.25, 0.3) is 17.7 Å². The average molecular weight is 716 g/mol. The second-order valence-corrected chi connectivity index (χ2v) is 13.1. The molecule has 4 N–H and O–H groups in total. The highest BCUT2D eigenvalue weighted by atomic mass is 35.5. The Bertz CT molecular complexity index is 1930. The van der Waals surface area contributed by atoms with Crippen molar-refractivity contribution >= 4 is 40.7 Å². The van der Waals surface area contributed by atoms with Crippen molar-refractivity contribution in [2.45, 2.75) is 12.2 Å². The number of ether oxygens (including phenoxy) is 1. The number of halogens is 4. The predicted molar refractivity (Wildman–Crippen MR) is 177 cm³/mol. The molecule has 2 fully saturated rings. The summed E-state index contributed by atoms with van der Waals surface area (Å²) in [5.74, 6) is -1.25. The van der Waals surface area contributed by atoms with Crippen molar-refractivity contribution in [2.75, 3.05) is 71.1 Å². The van der Waals surface area contributed by atoms with Crippen LogP contribution in [-0.4, -0.2) is 123 Å². The third kappa shape index (κ3) is 6.75. The summed E-state index contributed by atoms with van der Waals surface area (Å²) in [6, 6.07) is 7.00. The number of rotatable bonds is 6. The largest absolute Gasteiger partial charge is 0.433 e. The van der Waals surface area contributed by atoms with Crippen LogP contribution < -0.4 is 11.1 Å². The molecule has 264 valence electrons. The number of hydrogen-bond donors (Lipinski definition) is 3. The number of alkyl halides is 3. The van der Waals surface area contributed by atoms with Crippen molar-refractivity contribution in [1.82, 2.24) is 34.5 Å². The lowest BCUT2D eigenvalue weighted by Crippen LogP contribution is -2.64. The van der Waals surface area contributed by atoms with Gasteiger partial charge in [0.15, 0.2) is 11.9 Å². The lowest BCUT2D eigenvalue weighted by molar-refractivity contribution is -0.914. The number of anilines is 2. The molecule has 5 heterocycles. The van der Waals surface area contributed by atoms with Gasteiger partial charge in [-0.1, -0.05) is 11.6 Å². The number of nitrogen functional groups attached to an aromatic ring is 1. The molecule has 0 unspecified atom stereocenters. The number of nitrogens with one attached hydrogen (secondary N) is 2. The quantitative estimate of drug-likeness (QED) is 0.257. The van der Waals surface area contributed by atoms with Crippen LogP contribution in [-0.2, 0) is 22.8 Å². The van der Waals surface area contributed by atoms with E-state index in [0.717, 1.165) is 12.7 Å². The summed E-state index contributed by atoms with van der Waals surface area (Å²) in [5, 5.41) is 8.63. The summed E-state index contributed by atoms with van der Waals surface area (Å²) in [6.45, 7) is 3.10. The molecule has 3 aromatic heterocycles. The molecule has 4 aromatic rings. The maximum absolute atomic E-state index is 14.0. The van der Waals surface area contributed by atoms with E-state index in [4.69, 9.17) is 22.1 Å². The summed E-state index contributed by atoms with van der Waals surface area (Å²) in [4.78, 5) is 51.5. The van der Waals surface area contributed by atoms with Crippen LogP contribution in [0.5, 0.6) is 0 Å². The number of hydrogen-bond acceptors (Lipinski definition) is 8. The smallest absolute Gasteiger partial charge is 0.397 e. The molecule has 0 saturated carbocycles. The number of likely N-dealkylation sites (N-methyl/N-ethyl adjacent to an activating group) is 1. The van der Waals surface area contributed by atoms with E-state index < -0.39 is 17.8 Å². The zero-order valence-electron chi connectivity index (χ0n) is 27.4. The molecule has 50 heavy (non-hydrogen) atoms. The van der Waals surface area contributed by atoms with E-state index in [1.807, 2.05) is 19.2 Å². The maximum atomic E-state index is 14.0. The fourth-order valence-electron chi connectivity index (χ4n) is 6.07. The number of morpholine rings is 1. The summed E-state index contributed by atoms with van der Waals surface area (Å²) in [7, 11) is 5.42. The first-order chi connectivity index (χ1) is 23.7. The highest BCUT2D eigenvalue weighted by Gasteiger charge is 2.42. The number of carbonyl (C=O) groups is 3. The van der Waals surface area contributed by atoms with Gasteiger partial charge < -0.3 is 34.6 Å². The van der Waals surface area contributed by atoms with Crippen molar-refractivity contribution < 1.29 is 36.8 Å². The maximum Gasteiger partial charge on any atom is 0.433 e. The lowest BCUT2D eigenvalue weighted by Gasteiger charge is -2.43. The minimum atomic E-state index is -4.80. The summed E-state index contributed by atoms with van der Waals surface area (Å²) >= 11 is 6.50. The molecule has 2 aliphatic heterocycles. The summed E-state index contributed by atoms with van der Waals surface area (Å²) in [6.07, 6.45) is -2.37. The molecule has 0 radical (unpaired) electrons. The molecule has 6 rings (SSSR count). The van der Waals surface area contributed by atoms with Crippen LogP contribution in [0.4, 0.5) is 24.5 Å². The van der Waals surface area contributed by atoms with Gasteiger partial charge in [0, 0.05) is 38.9 Å². The van der Waals surface area contributed by atoms with Gasteiger partial charge in [0.05, 0.1) is 66.3 Å². The standard InChI is InChI=1S/C32H34ClF3N10O4/c1-43-23(25-26(22-7-4-18(37)15-38-22)41-42-27(25)32(34,35)36)16-39-28(43)29(47)40-19-5-6-20(21(33)14-19)30(48)44-8-10-45(11-9-44)31(49)24-17-50-13-12-46(24,2)3/h4-7,14-16,24H,8-13,17H2,1-3H3,(H3-,37,38,39,40,41,42,47,48)/p+1/t24-/m0/s1. The second-order valence-electron chi connectivity index (χ2n) is 12.7. The van der Waals surface area contributed by atoms with Crippen molar-refractivity contribution in [3.05, 3.63) is 64.8 Å². The molecule has 2 aliphatic rings. The van der Waals surface area contributed by atoms with Gasteiger partial charge in [-0.2, -0.15) is 18.3 Å². The second kappa shape index (κ2) is 13.4. The van der Waals surface area contributed by atoms with Crippen LogP contribution in [0.25, 0.3) is 22.6 Å². The Balaban J connectivity index is 1.14. The molecular weight excluding hydrogens is 681 g/mol. The molecule has 1 atom stereocenters. The van der Waals surface area contributed by atoms with Crippen LogP contribution in [0.2, 0.25) is 5.02 Å². The van der Waals surface area contributed by atoms with Gasteiger partial charge in [-0.3, -0.25) is 24.5 Å². The van der Waals surface area contributed by atoms with Crippen LogP contribution in [0.1, 0.15) is 26.7 Å². The number of benzene rings is 1. The Labute approximate surface area is 289 Å². The van der Waals surface area contributed by atoms with E-state index in [1.54, 1.807) is 9.80 Å². The first-order valence-electron chi connectivity index (χ1n) is 15.6. The van der Waals surface area contributed by atoms with E-state index in [0.29, 0.717) is 49.6 Å². The van der Waals surface area contributed by atoms with E-state index in [1.165, 1.54) is 48.1 Å². The van der Waals surface area contributed by atoms with Crippen LogP contribution in [0.3, 0.4) is 0 Å².